The predicted molar refractivity (Wildman–Crippen MR) is 103 cm³/mol. The Balaban J connectivity index is 2.09. The van der Waals surface area contributed by atoms with Gasteiger partial charge in [0.15, 0.2) is 0 Å². The molecule has 0 nitrogen and oxygen atoms in total. The second-order valence-electron chi connectivity index (χ2n) is 5.77. The number of fused-ring (bicyclic) bond motifs is 1. The van der Waals surface area contributed by atoms with Crippen LogP contribution in [0.15, 0.2) is 91.0 Å². The van der Waals surface area contributed by atoms with Gasteiger partial charge in [0.05, 0.1) is 0 Å². The fourth-order valence-corrected chi connectivity index (χ4v) is 3.25. The smallest absolute Gasteiger partial charge is 0.0327 e. The fraction of sp³-hybridized carbons (Fsp3) is 0. The van der Waals surface area contributed by atoms with Gasteiger partial charge < -0.3 is 0 Å². The van der Waals surface area contributed by atoms with Crippen LogP contribution >= 0.6 is 0 Å². The molecule has 0 radical (unpaired) electrons. The molecule has 0 aliphatic carbocycles. The fourth-order valence-electron chi connectivity index (χ4n) is 3.25. The third kappa shape index (κ3) is 2.37. The second kappa shape index (κ2) is 6.07. The van der Waals surface area contributed by atoms with Gasteiger partial charge in [-0.1, -0.05) is 90.8 Å². The molecule has 0 aromatic heterocycles. The SMILES string of the molecule is C#Cc1ccc2ccccc2c1-c1ccccc1-c1ccccc1. The lowest BCUT2D eigenvalue weighted by molar-refractivity contribution is 1.58. The lowest BCUT2D eigenvalue weighted by Crippen LogP contribution is -1.90. The molecule has 0 spiro atoms. The second-order valence-corrected chi connectivity index (χ2v) is 5.77. The topological polar surface area (TPSA) is 0 Å². The average Bonchev–Trinajstić information content (AvgIpc) is 2.68. The molecule has 0 aliphatic heterocycles. The molecule has 4 aromatic carbocycles. The van der Waals surface area contributed by atoms with E-state index in [0.717, 1.165) is 11.1 Å². The van der Waals surface area contributed by atoms with Crippen LogP contribution in [0.25, 0.3) is 33.0 Å². The van der Waals surface area contributed by atoms with Gasteiger partial charge in [0.25, 0.3) is 0 Å². The molecule has 0 fully saturated rings. The van der Waals surface area contributed by atoms with Crippen LogP contribution in [0, 0.1) is 12.3 Å². The maximum Gasteiger partial charge on any atom is 0.0327 e. The van der Waals surface area contributed by atoms with Crippen molar-refractivity contribution in [3.63, 3.8) is 0 Å². The minimum absolute atomic E-state index is 0.928. The molecule has 0 bridgehead atoms. The van der Waals surface area contributed by atoms with E-state index in [1.807, 2.05) is 12.1 Å². The minimum Gasteiger partial charge on any atom is -0.115 e. The first-order valence-corrected chi connectivity index (χ1v) is 8.01. The largest absolute Gasteiger partial charge is 0.115 e. The summed E-state index contributed by atoms with van der Waals surface area (Å²) < 4.78 is 0. The zero-order valence-corrected chi connectivity index (χ0v) is 13.2. The third-order valence-corrected chi connectivity index (χ3v) is 4.37. The van der Waals surface area contributed by atoms with Gasteiger partial charge in [0.2, 0.25) is 0 Å². The standard InChI is InChI=1S/C24H16/c1-2-18-16-17-20-12-6-7-14-22(20)24(18)23-15-9-8-13-21(23)19-10-4-3-5-11-19/h1,3-17H. The molecule has 0 aliphatic rings. The van der Waals surface area contributed by atoms with Gasteiger partial charge in [-0.2, -0.15) is 0 Å². The maximum absolute atomic E-state index is 5.82. The van der Waals surface area contributed by atoms with Crippen LogP contribution in [0.3, 0.4) is 0 Å². The molecule has 0 heteroatoms. The molecular formula is C24H16. The monoisotopic (exact) mass is 304 g/mol. The number of benzene rings is 4. The van der Waals surface area contributed by atoms with Gasteiger partial charge >= 0.3 is 0 Å². The van der Waals surface area contributed by atoms with Crippen molar-refractivity contribution < 1.29 is 0 Å². The molecule has 0 unspecified atom stereocenters. The summed E-state index contributed by atoms with van der Waals surface area (Å²) in [7, 11) is 0. The first-order chi connectivity index (χ1) is 11.9. The molecular weight excluding hydrogens is 288 g/mol. The van der Waals surface area contributed by atoms with Crippen molar-refractivity contribution in [2.75, 3.05) is 0 Å². The van der Waals surface area contributed by atoms with Crippen molar-refractivity contribution in [1.29, 1.82) is 0 Å². The van der Waals surface area contributed by atoms with E-state index in [9.17, 15) is 0 Å². The molecule has 4 aromatic rings. The summed E-state index contributed by atoms with van der Waals surface area (Å²) in [6, 6.07) is 31.5. The summed E-state index contributed by atoms with van der Waals surface area (Å²) in [6.45, 7) is 0. The molecule has 24 heavy (non-hydrogen) atoms. The average molecular weight is 304 g/mol. The molecule has 0 atom stereocenters. The summed E-state index contributed by atoms with van der Waals surface area (Å²) in [5.74, 6) is 2.86. The Morgan fingerprint density at radius 1 is 0.583 bits per heavy atom. The van der Waals surface area contributed by atoms with Crippen molar-refractivity contribution >= 4 is 10.8 Å². The molecule has 4 rings (SSSR count). The molecule has 112 valence electrons. The van der Waals surface area contributed by atoms with E-state index in [1.165, 1.54) is 27.5 Å². The van der Waals surface area contributed by atoms with Gasteiger partial charge in [0.1, 0.15) is 0 Å². The summed E-state index contributed by atoms with van der Waals surface area (Å²) >= 11 is 0. The Hall–Kier alpha value is -3.30. The van der Waals surface area contributed by atoms with Gasteiger partial charge in [-0.3, -0.25) is 0 Å². The van der Waals surface area contributed by atoms with Gasteiger partial charge in [-0.15, -0.1) is 6.42 Å². The van der Waals surface area contributed by atoms with E-state index in [-0.39, 0.29) is 0 Å². The van der Waals surface area contributed by atoms with Crippen LogP contribution in [0.4, 0.5) is 0 Å². The quantitative estimate of drug-likeness (QED) is 0.389. The zero-order chi connectivity index (χ0) is 16.4. The Kier molecular flexibility index (Phi) is 3.61. The lowest BCUT2D eigenvalue weighted by atomic mass is 9.88. The van der Waals surface area contributed by atoms with Gasteiger partial charge in [-0.25, -0.2) is 0 Å². The maximum atomic E-state index is 5.82. The van der Waals surface area contributed by atoms with Crippen LogP contribution < -0.4 is 0 Å². The van der Waals surface area contributed by atoms with E-state index < -0.39 is 0 Å². The Morgan fingerprint density at radius 2 is 1.25 bits per heavy atom. The summed E-state index contributed by atoms with van der Waals surface area (Å²) in [6.07, 6.45) is 5.82. The van der Waals surface area contributed by atoms with Gasteiger partial charge in [0, 0.05) is 11.1 Å². The molecule has 0 saturated carbocycles. The summed E-state index contributed by atoms with van der Waals surface area (Å²) in [5, 5.41) is 2.39. The van der Waals surface area contributed by atoms with Crippen molar-refractivity contribution in [1.82, 2.24) is 0 Å². The number of terminal acetylenes is 1. The Morgan fingerprint density at radius 3 is 2.04 bits per heavy atom. The highest BCUT2D eigenvalue weighted by Crippen LogP contribution is 2.38. The van der Waals surface area contributed by atoms with Crippen molar-refractivity contribution in [2.24, 2.45) is 0 Å². The summed E-state index contributed by atoms with van der Waals surface area (Å²) in [5.41, 5.74) is 5.63. The van der Waals surface area contributed by atoms with Crippen molar-refractivity contribution in [3.8, 4) is 34.6 Å². The van der Waals surface area contributed by atoms with Crippen molar-refractivity contribution in [2.45, 2.75) is 0 Å². The zero-order valence-electron chi connectivity index (χ0n) is 13.2. The third-order valence-electron chi connectivity index (χ3n) is 4.37. The highest BCUT2D eigenvalue weighted by molar-refractivity contribution is 6.03. The Labute approximate surface area is 142 Å². The van der Waals surface area contributed by atoms with Crippen LogP contribution in [0.1, 0.15) is 5.56 Å². The number of rotatable bonds is 2. The first-order valence-electron chi connectivity index (χ1n) is 8.01. The van der Waals surface area contributed by atoms with Crippen LogP contribution in [0.5, 0.6) is 0 Å². The number of hydrogen-bond acceptors (Lipinski definition) is 0. The predicted octanol–water partition coefficient (Wildman–Crippen LogP) is 6.16. The van der Waals surface area contributed by atoms with E-state index in [0.29, 0.717) is 0 Å². The summed E-state index contributed by atoms with van der Waals surface area (Å²) in [4.78, 5) is 0. The molecule has 0 N–H and O–H groups in total. The van der Waals surface area contributed by atoms with E-state index in [2.05, 4.69) is 84.8 Å². The first kappa shape index (κ1) is 14.3. The molecule has 0 heterocycles. The Bertz CT molecular complexity index is 1050. The van der Waals surface area contributed by atoms with E-state index in [4.69, 9.17) is 6.42 Å². The van der Waals surface area contributed by atoms with Crippen LogP contribution in [0.2, 0.25) is 0 Å². The highest BCUT2D eigenvalue weighted by Gasteiger charge is 2.13. The normalized spacial score (nSPS) is 10.5. The van der Waals surface area contributed by atoms with Crippen LogP contribution in [-0.2, 0) is 0 Å². The number of hydrogen-bond donors (Lipinski definition) is 0. The minimum atomic E-state index is 0.928. The lowest BCUT2D eigenvalue weighted by Gasteiger charge is -2.14. The van der Waals surface area contributed by atoms with E-state index in [1.54, 1.807) is 0 Å². The van der Waals surface area contributed by atoms with Crippen LogP contribution in [-0.4, -0.2) is 0 Å². The van der Waals surface area contributed by atoms with Gasteiger partial charge in [-0.05, 0) is 33.5 Å². The van der Waals surface area contributed by atoms with Crippen molar-refractivity contribution in [3.05, 3.63) is 96.6 Å². The molecule has 0 saturated heterocycles. The highest BCUT2D eigenvalue weighted by atomic mass is 14.2. The molecule has 0 amide bonds. The van der Waals surface area contributed by atoms with E-state index >= 15 is 0 Å².